The molecular formula is C28H39ClO4. The summed E-state index contributed by atoms with van der Waals surface area (Å²) in [6.45, 7) is 6.08. The highest BCUT2D eigenvalue weighted by Gasteiger charge is 2.44. The topological polar surface area (TPSA) is 52.6 Å². The smallest absolute Gasteiger partial charge is 0.324 e. The first-order valence-corrected chi connectivity index (χ1v) is 12.8. The van der Waals surface area contributed by atoms with Crippen LogP contribution in [0.4, 0.5) is 0 Å². The molecule has 0 radical (unpaired) electrons. The second kappa shape index (κ2) is 14.2. The number of esters is 2. The number of benzene rings is 1. The molecule has 4 nitrogen and oxygen atoms in total. The number of ether oxygens (including phenoxy) is 2. The summed E-state index contributed by atoms with van der Waals surface area (Å²) in [5.74, 6) is -1.33. The van der Waals surface area contributed by atoms with E-state index in [0.717, 1.165) is 6.42 Å². The van der Waals surface area contributed by atoms with Crippen molar-refractivity contribution in [1.29, 1.82) is 0 Å². The van der Waals surface area contributed by atoms with Crippen LogP contribution in [0.3, 0.4) is 0 Å². The highest BCUT2D eigenvalue weighted by atomic mass is 35.5. The number of aryl methyl sites for hydroxylation is 1. The highest BCUT2D eigenvalue weighted by Crippen LogP contribution is 2.35. The summed E-state index contributed by atoms with van der Waals surface area (Å²) in [6, 6.07) is 7.61. The quantitative estimate of drug-likeness (QED) is 0.121. The maximum absolute atomic E-state index is 12.8. The zero-order chi connectivity index (χ0) is 24.1. The first-order valence-electron chi connectivity index (χ1n) is 12.4. The second-order valence-corrected chi connectivity index (χ2v) is 9.87. The van der Waals surface area contributed by atoms with Crippen molar-refractivity contribution < 1.29 is 19.1 Å². The Bertz CT molecular complexity index is 797. The molecule has 0 aromatic heterocycles. The van der Waals surface area contributed by atoms with E-state index in [0.29, 0.717) is 5.75 Å². The number of hydrogen-bond acceptors (Lipinski definition) is 4. The normalized spacial score (nSPS) is 19.6. The Labute approximate surface area is 204 Å². The van der Waals surface area contributed by atoms with E-state index in [1.807, 2.05) is 26.0 Å². The van der Waals surface area contributed by atoms with E-state index in [-0.39, 0.29) is 12.3 Å². The molecule has 2 atom stereocenters. The molecule has 33 heavy (non-hydrogen) atoms. The SMILES string of the molecule is CCCCCCCCCCc1ccc(OC(=O)C2C=CC=CC2(Cl)OC(=O)CC(C)C)cc1. The number of allylic oxidation sites excluding steroid dienone is 2. The average molecular weight is 475 g/mol. The number of rotatable bonds is 14. The maximum atomic E-state index is 12.8. The average Bonchev–Trinajstić information content (AvgIpc) is 2.76. The van der Waals surface area contributed by atoms with Gasteiger partial charge in [-0.25, -0.2) is 0 Å². The molecule has 0 N–H and O–H groups in total. The Balaban J connectivity index is 1.82. The van der Waals surface area contributed by atoms with E-state index in [4.69, 9.17) is 21.1 Å². The van der Waals surface area contributed by atoms with Gasteiger partial charge in [0.15, 0.2) is 0 Å². The summed E-state index contributed by atoms with van der Waals surface area (Å²) in [5, 5.41) is -1.58. The van der Waals surface area contributed by atoms with Gasteiger partial charge in [0.25, 0.3) is 0 Å². The van der Waals surface area contributed by atoms with Crippen LogP contribution in [-0.2, 0) is 20.7 Å². The number of unbranched alkanes of at least 4 members (excludes halogenated alkanes) is 7. The standard InChI is InChI=1S/C28H39ClO4/c1-4-5-6-7-8-9-10-11-14-23-16-18-24(19-17-23)32-27(31)25-15-12-13-20-28(25,29)33-26(30)21-22(2)3/h12-13,15-20,22,25H,4-11,14,21H2,1-3H3. The van der Waals surface area contributed by atoms with Crippen molar-refractivity contribution in [2.45, 2.75) is 90.0 Å². The molecule has 0 aliphatic heterocycles. The second-order valence-electron chi connectivity index (χ2n) is 9.28. The number of alkyl halides is 1. The molecule has 182 valence electrons. The number of carbonyl (C=O) groups is 2. The minimum Gasteiger partial charge on any atom is -0.438 e. The van der Waals surface area contributed by atoms with Crippen LogP contribution in [-0.4, -0.2) is 17.0 Å². The molecule has 1 aliphatic carbocycles. The Kier molecular flexibility index (Phi) is 11.7. The van der Waals surface area contributed by atoms with Crippen molar-refractivity contribution in [2.75, 3.05) is 0 Å². The highest BCUT2D eigenvalue weighted by molar-refractivity contribution is 6.26. The van der Waals surface area contributed by atoms with Gasteiger partial charge in [0.05, 0.1) is 0 Å². The van der Waals surface area contributed by atoms with Gasteiger partial charge in [-0.3, -0.25) is 9.59 Å². The van der Waals surface area contributed by atoms with Crippen molar-refractivity contribution in [3.8, 4) is 5.75 Å². The monoisotopic (exact) mass is 474 g/mol. The molecule has 2 unspecified atom stereocenters. The lowest BCUT2D eigenvalue weighted by molar-refractivity contribution is -0.156. The summed E-state index contributed by atoms with van der Waals surface area (Å²) >= 11 is 6.54. The van der Waals surface area contributed by atoms with Gasteiger partial charge in [-0.2, -0.15) is 0 Å². The van der Waals surface area contributed by atoms with Crippen LogP contribution >= 0.6 is 11.6 Å². The van der Waals surface area contributed by atoms with E-state index >= 15 is 0 Å². The summed E-state index contributed by atoms with van der Waals surface area (Å²) < 4.78 is 11.0. The van der Waals surface area contributed by atoms with Crippen molar-refractivity contribution in [3.05, 3.63) is 54.1 Å². The van der Waals surface area contributed by atoms with E-state index < -0.39 is 22.9 Å². The molecule has 0 bridgehead atoms. The lowest BCUT2D eigenvalue weighted by Gasteiger charge is -2.31. The van der Waals surface area contributed by atoms with Crippen LogP contribution in [0.2, 0.25) is 0 Å². The molecule has 0 saturated heterocycles. The predicted molar refractivity (Wildman–Crippen MR) is 134 cm³/mol. The van der Waals surface area contributed by atoms with Crippen LogP contribution in [0, 0.1) is 11.8 Å². The fourth-order valence-corrected chi connectivity index (χ4v) is 4.17. The third kappa shape index (κ3) is 9.75. The molecule has 0 amide bonds. The zero-order valence-corrected chi connectivity index (χ0v) is 21.1. The Morgan fingerprint density at radius 1 is 0.970 bits per heavy atom. The third-order valence-corrected chi connectivity index (χ3v) is 6.16. The molecule has 0 saturated carbocycles. The number of hydrogen-bond donors (Lipinski definition) is 0. The van der Waals surface area contributed by atoms with Crippen LogP contribution in [0.1, 0.15) is 84.1 Å². The maximum Gasteiger partial charge on any atom is 0.324 e. The number of carbonyl (C=O) groups excluding carboxylic acids is 2. The minimum absolute atomic E-state index is 0.135. The molecule has 0 heterocycles. The lowest BCUT2D eigenvalue weighted by Crippen LogP contribution is -2.42. The van der Waals surface area contributed by atoms with E-state index in [1.165, 1.54) is 63.0 Å². The molecule has 1 aliphatic rings. The Morgan fingerprint density at radius 2 is 1.61 bits per heavy atom. The predicted octanol–water partition coefficient (Wildman–Crippen LogP) is 7.54. The zero-order valence-electron chi connectivity index (χ0n) is 20.4. The van der Waals surface area contributed by atoms with E-state index in [2.05, 4.69) is 6.92 Å². The van der Waals surface area contributed by atoms with Gasteiger partial charge >= 0.3 is 11.9 Å². The fraction of sp³-hybridized carbons (Fsp3) is 0.571. The molecular weight excluding hydrogens is 436 g/mol. The summed E-state index contributed by atoms with van der Waals surface area (Å²) in [7, 11) is 0. The van der Waals surface area contributed by atoms with E-state index in [9.17, 15) is 9.59 Å². The van der Waals surface area contributed by atoms with Crippen LogP contribution in [0.15, 0.2) is 48.6 Å². The van der Waals surface area contributed by atoms with Gasteiger partial charge < -0.3 is 9.47 Å². The molecule has 1 aromatic rings. The third-order valence-electron chi connectivity index (χ3n) is 5.72. The molecule has 2 rings (SSSR count). The Hall–Kier alpha value is -2.07. The van der Waals surface area contributed by atoms with Crippen molar-refractivity contribution in [3.63, 3.8) is 0 Å². The first-order chi connectivity index (χ1) is 15.8. The fourth-order valence-electron chi connectivity index (χ4n) is 3.85. The van der Waals surface area contributed by atoms with Gasteiger partial charge in [0, 0.05) is 6.42 Å². The Morgan fingerprint density at radius 3 is 2.24 bits per heavy atom. The van der Waals surface area contributed by atoms with Crippen LogP contribution in [0.5, 0.6) is 5.75 Å². The summed E-state index contributed by atoms with van der Waals surface area (Å²) in [6.07, 6.45) is 18.1. The summed E-state index contributed by atoms with van der Waals surface area (Å²) in [5.41, 5.74) is 1.23. The molecule has 1 aromatic carbocycles. The van der Waals surface area contributed by atoms with Crippen molar-refractivity contribution >= 4 is 23.5 Å². The van der Waals surface area contributed by atoms with Crippen LogP contribution in [0.25, 0.3) is 0 Å². The van der Waals surface area contributed by atoms with Crippen molar-refractivity contribution in [2.24, 2.45) is 11.8 Å². The molecule has 5 heteroatoms. The van der Waals surface area contributed by atoms with E-state index in [1.54, 1.807) is 30.4 Å². The number of halogens is 1. The van der Waals surface area contributed by atoms with Gasteiger partial charge in [-0.05, 0) is 42.5 Å². The minimum atomic E-state index is -1.58. The van der Waals surface area contributed by atoms with Crippen molar-refractivity contribution in [1.82, 2.24) is 0 Å². The molecule has 0 fully saturated rings. The summed E-state index contributed by atoms with van der Waals surface area (Å²) in [4.78, 5) is 25.0. The van der Waals surface area contributed by atoms with Gasteiger partial charge in [0.2, 0.25) is 5.06 Å². The first kappa shape index (κ1) is 27.2. The van der Waals surface area contributed by atoms with Gasteiger partial charge in [0.1, 0.15) is 11.7 Å². The van der Waals surface area contributed by atoms with Gasteiger partial charge in [-0.15, -0.1) is 0 Å². The lowest BCUT2D eigenvalue weighted by atomic mass is 9.96. The van der Waals surface area contributed by atoms with Gasteiger partial charge in [-0.1, -0.05) is 108 Å². The molecule has 0 spiro atoms. The van der Waals surface area contributed by atoms with Crippen LogP contribution < -0.4 is 4.74 Å². The largest absolute Gasteiger partial charge is 0.438 e.